The van der Waals surface area contributed by atoms with Gasteiger partial charge in [0.15, 0.2) is 0 Å². The molecule has 0 aromatic heterocycles. The van der Waals surface area contributed by atoms with Crippen LogP contribution in [0.2, 0.25) is 0 Å². The smallest absolute Gasteiger partial charge is 0.216 e. The predicted molar refractivity (Wildman–Crippen MR) is 88.5 cm³/mol. The number of hydrogen-bond acceptors (Lipinski definition) is 5. The minimum atomic E-state index is 0.00356. The molecule has 0 unspecified atom stereocenters. The van der Waals surface area contributed by atoms with E-state index in [0.29, 0.717) is 6.54 Å². The lowest BCUT2D eigenvalue weighted by Gasteiger charge is -2.30. The highest BCUT2D eigenvalue weighted by Crippen LogP contribution is 2.29. The van der Waals surface area contributed by atoms with Crippen LogP contribution >= 0.6 is 0 Å². The molecule has 1 aromatic rings. The Bertz CT molecular complexity index is 487. The molecule has 6 nitrogen and oxygen atoms in total. The Hall–Kier alpha value is -1.79. The molecule has 0 aliphatic carbocycles. The highest BCUT2D eigenvalue weighted by molar-refractivity contribution is 5.72. The van der Waals surface area contributed by atoms with Gasteiger partial charge in [0.1, 0.15) is 5.75 Å². The van der Waals surface area contributed by atoms with Crippen molar-refractivity contribution in [3.8, 4) is 5.75 Å². The second kappa shape index (κ2) is 8.60. The van der Waals surface area contributed by atoms with Gasteiger partial charge in [-0.1, -0.05) is 6.07 Å². The van der Waals surface area contributed by atoms with Gasteiger partial charge < -0.3 is 25.6 Å². The van der Waals surface area contributed by atoms with Gasteiger partial charge in [-0.3, -0.25) is 4.79 Å². The maximum atomic E-state index is 10.8. The van der Waals surface area contributed by atoms with Crippen molar-refractivity contribution >= 4 is 11.6 Å². The zero-order chi connectivity index (χ0) is 15.8. The SMILES string of the molecule is COc1cc(CNCCNC(C)=O)ccc1N1CCNCC1. The van der Waals surface area contributed by atoms with Crippen LogP contribution in [-0.4, -0.2) is 52.3 Å². The Balaban J connectivity index is 1.89. The van der Waals surface area contributed by atoms with Crippen molar-refractivity contribution in [2.75, 3.05) is 51.3 Å². The van der Waals surface area contributed by atoms with E-state index in [1.807, 2.05) is 0 Å². The van der Waals surface area contributed by atoms with E-state index in [4.69, 9.17) is 4.74 Å². The predicted octanol–water partition coefficient (Wildman–Crippen LogP) is 0.331. The van der Waals surface area contributed by atoms with Crippen LogP contribution in [0.15, 0.2) is 18.2 Å². The summed E-state index contributed by atoms with van der Waals surface area (Å²) in [5.41, 5.74) is 2.34. The lowest BCUT2D eigenvalue weighted by Crippen LogP contribution is -2.43. The number of hydrogen-bond donors (Lipinski definition) is 3. The maximum absolute atomic E-state index is 10.8. The second-order valence-corrected chi connectivity index (χ2v) is 5.40. The van der Waals surface area contributed by atoms with Gasteiger partial charge in [-0.15, -0.1) is 0 Å². The third-order valence-electron chi connectivity index (χ3n) is 3.71. The Labute approximate surface area is 132 Å². The van der Waals surface area contributed by atoms with Crippen molar-refractivity contribution in [1.29, 1.82) is 0 Å². The third kappa shape index (κ3) is 4.89. The number of benzene rings is 1. The number of methoxy groups -OCH3 is 1. The minimum Gasteiger partial charge on any atom is -0.495 e. The quantitative estimate of drug-likeness (QED) is 0.634. The van der Waals surface area contributed by atoms with Crippen LogP contribution in [0.3, 0.4) is 0 Å². The van der Waals surface area contributed by atoms with Gasteiger partial charge in [0.05, 0.1) is 12.8 Å². The molecular weight excluding hydrogens is 280 g/mol. The van der Waals surface area contributed by atoms with Crippen molar-refractivity contribution in [2.45, 2.75) is 13.5 Å². The Morgan fingerprint density at radius 2 is 2.09 bits per heavy atom. The highest BCUT2D eigenvalue weighted by atomic mass is 16.5. The zero-order valence-electron chi connectivity index (χ0n) is 13.4. The van der Waals surface area contributed by atoms with Crippen LogP contribution in [0, 0.1) is 0 Å². The molecule has 1 amide bonds. The molecule has 0 bridgehead atoms. The molecule has 0 radical (unpaired) electrons. The van der Waals surface area contributed by atoms with Gasteiger partial charge in [0, 0.05) is 52.7 Å². The first-order valence-electron chi connectivity index (χ1n) is 7.78. The van der Waals surface area contributed by atoms with Gasteiger partial charge in [-0.25, -0.2) is 0 Å². The summed E-state index contributed by atoms with van der Waals surface area (Å²) in [5.74, 6) is 0.923. The monoisotopic (exact) mass is 306 g/mol. The number of rotatable bonds is 7. The highest BCUT2D eigenvalue weighted by Gasteiger charge is 2.14. The van der Waals surface area contributed by atoms with E-state index >= 15 is 0 Å². The maximum Gasteiger partial charge on any atom is 0.216 e. The second-order valence-electron chi connectivity index (χ2n) is 5.40. The molecule has 122 valence electrons. The number of nitrogens with zero attached hydrogens (tertiary/aromatic N) is 1. The van der Waals surface area contributed by atoms with E-state index in [2.05, 4.69) is 39.0 Å². The van der Waals surface area contributed by atoms with Crippen molar-refractivity contribution < 1.29 is 9.53 Å². The third-order valence-corrected chi connectivity index (χ3v) is 3.71. The summed E-state index contributed by atoms with van der Waals surface area (Å²) >= 11 is 0. The number of carbonyl (C=O) groups excluding carboxylic acids is 1. The summed E-state index contributed by atoms with van der Waals surface area (Å²) in [6, 6.07) is 6.35. The number of amides is 1. The molecule has 1 saturated heterocycles. The van der Waals surface area contributed by atoms with Crippen LogP contribution in [0.1, 0.15) is 12.5 Å². The van der Waals surface area contributed by atoms with Gasteiger partial charge >= 0.3 is 0 Å². The van der Waals surface area contributed by atoms with Crippen LogP contribution in [0.5, 0.6) is 5.75 Å². The average molecular weight is 306 g/mol. The molecule has 22 heavy (non-hydrogen) atoms. The molecule has 1 fully saturated rings. The summed E-state index contributed by atoms with van der Waals surface area (Å²) in [6.45, 7) is 7.71. The first-order valence-corrected chi connectivity index (χ1v) is 7.78. The molecular formula is C16H26N4O2. The standard InChI is InChI=1S/C16H26N4O2/c1-13(21)19-6-5-18-12-14-3-4-15(16(11-14)22-2)20-9-7-17-8-10-20/h3-4,11,17-18H,5-10,12H2,1-2H3,(H,19,21). The van der Waals surface area contributed by atoms with Crippen molar-refractivity contribution in [3.63, 3.8) is 0 Å². The summed E-state index contributed by atoms with van der Waals surface area (Å²) in [5, 5.41) is 9.44. The van der Waals surface area contributed by atoms with E-state index in [9.17, 15) is 4.79 Å². The number of carbonyl (C=O) groups is 1. The molecule has 0 atom stereocenters. The molecule has 0 saturated carbocycles. The molecule has 1 aliphatic rings. The molecule has 1 aromatic carbocycles. The molecule has 0 spiro atoms. The fraction of sp³-hybridized carbons (Fsp3) is 0.562. The Kier molecular flexibility index (Phi) is 6.48. The summed E-state index contributed by atoms with van der Waals surface area (Å²) in [6.07, 6.45) is 0. The summed E-state index contributed by atoms with van der Waals surface area (Å²) < 4.78 is 5.55. The zero-order valence-corrected chi connectivity index (χ0v) is 13.4. The Morgan fingerprint density at radius 1 is 1.32 bits per heavy atom. The van der Waals surface area contributed by atoms with Gasteiger partial charge in [0.25, 0.3) is 0 Å². The van der Waals surface area contributed by atoms with Crippen molar-refractivity contribution in [1.82, 2.24) is 16.0 Å². The molecule has 2 rings (SSSR count). The number of ether oxygens (including phenoxy) is 1. The Morgan fingerprint density at radius 3 is 2.77 bits per heavy atom. The molecule has 1 heterocycles. The van der Waals surface area contributed by atoms with Gasteiger partial charge in [-0.2, -0.15) is 0 Å². The fourth-order valence-electron chi connectivity index (χ4n) is 2.56. The van der Waals surface area contributed by atoms with E-state index < -0.39 is 0 Å². The van der Waals surface area contributed by atoms with Gasteiger partial charge in [0.2, 0.25) is 5.91 Å². The first kappa shape index (κ1) is 16.6. The molecule has 3 N–H and O–H groups in total. The van der Waals surface area contributed by atoms with Crippen LogP contribution < -0.4 is 25.6 Å². The lowest BCUT2D eigenvalue weighted by atomic mass is 10.1. The van der Waals surface area contributed by atoms with Gasteiger partial charge in [-0.05, 0) is 17.7 Å². The first-order chi connectivity index (χ1) is 10.7. The number of piperazine rings is 1. The number of nitrogens with one attached hydrogen (secondary N) is 3. The normalized spacial score (nSPS) is 14.7. The van der Waals surface area contributed by atoms with Crippen LogP contribution in [0.25, 0.3) is 0 Å². The molecule has 1 aliphatic heterocycles. The van der Waals surface area contributed by atoms with E-state index in [1.54, 1.807) is 7.11 Å². The van der Waals surface area contributed by atoms with Crippen LogP contribution in [0.4, 0.5) is 5.69 Å². The topological polar surface area (TPSA) is 65.6 Å². The average Bonchev–Trinajstić information content (AvgIpc) is 2.55. The minimum absolute atomic E-state index is 0.00356. The van der Waals surface area contributed by atoms with Crippen molar-refractivity contribution in [3.05, 3.63) is 23.8 Å². The largest absolute Gasteiger partial charge is 0.495 e. The van der Waals surface area contributed by atoms with E-state index in [-0.39, 0.29) is 5.91 Å². The summed E-state index contributed by atoms with van der Waals surface area (Å²) in [4.78, 5) is 13.1. The van der Waals surface area contributed by atoms with Crippen molar-refractivity contribution in [2.24, 2.45) is 0 Å². The lowest BCUT2D eigenvalue weighted by molar-refractivity contribution is -0.118. The van der Waals surface area contributed by atoms with E-state index in [1.165, 1.54) is 12.5 Å². The number of anilines is 1. The fourth-order valence-corrected chi connectivity index (χ4v) is 2.56. The molecule has 6 heteroatoms. The van der Waals surface area contributed by atoms with Crippen LogP contribution in [-0.2, 0) is 11.3 Å². The van der Waals surface area contributed by atoms with E-state index in [0.717, 1.165) is 50.7 Å². The summed E-state index contributed by atoms with van der Waals surface area (Å²) in [7, 11) is 1.72.